The van der Waals surface area contributed by atoms with E-state index in [9.17, 15) is 14.4 Å². The molecule has 0 fully saturated rings. The number of halogens is 1. The van der Waals surface area contributed by atoms with E-state index in [0.29, 0.717) is 21.8 Å². The van der Waals surface area contributed by atoms with Gasteiger partial charge in [0, 0.05) is 10.6 Å². The van der Waals surface area contributed by atoms with Crippen molar-refractivity contribution in [2.24, 2.45) is 5.92 Å². The lowest BCUT2D eigenvalue weighted by atomic mass is 10.0. The molecule has 150 valence electrons. The molecule has 0 bridgehead atoms. The summed E-state index contributed by atoms with van der Waals surface area (Å²) in [6.07, 6.45) is 0. The van der Waals surface area contributed by atoms with Crippen LogP contribution in [0, 0.1) is 17.2 Å². The van der Waals surface area contributed by atoms with Gasteiger partial charge < -0.3 is 15.4 Å². The molecule has 0 aliphatic rings. The van der Waals surface area contributed by atoms with Gasteiger partial charge in [0.2, 0.25) is 0 Å². The third-order valence-corrected chi connectivity index (χ3v) is 4.23. The molecule has 0 spiro atoms. The number of carbonyl (C=O) groups is 3. The minimum Gasteiger partial charge on any atom is -0.454 e. The number of esters is 1. The summed E-state index contributed by atoms with van der Waals surface area (Å²) in [5.41, 5.74) is 0.966. The van der Waals surface area contributed by atoms with Crippen LogP contribution in [0.25, 0.3) is 0 Å². The summed E-state index contributed by atoms with van der Waals surface area (Å²) in [4.78, 5) is 36.8. The fourth-order valence-corrected chi connectivity index (χ4v) is 2.55. The van der Waals surface area contributed by atoms with Crippen molar-refractivity contribution in [3.05, 3.63) is 64.7 Å². The van der Waals surface area contributed by atoms with Gasteiger partial charge in [-0.1, -0.05) is 37.6 Å². The number of para-hydroxylation sites is 1. The Hall–Kier alpha value is -3.37. The highest BCUT2D eigenvalue weighted by molar-refractivity contribution is 6.30. The number of hydrogen-bond donors (Lipinski definition) is 2. The van der Waals surface area contributed by atoms with Crippen LogP contribution in [0.3, 0.4) is 0 Å². The molecular weight excluding hydrogens is 394 g/mol. The van der Waals surface area contributed by atoms with Crippen LogP contribution in [-0.2, 0) is 14.3 Å². The molecule has 0 aromatic heterocycles. The molecule has 0 aliphatic heterocycles. The van der Waals surface area contributed by atoms with E-state index < -0.39 is 30.4 Å². The molecule has 0 radical (unpaired) electrons. The predicted octanol–water partition coefficient (Wildman–Crippen LogP) is 3.15. The number of benzene rings is 2. The van der Waals surface area contributed by atoms with Gasteiger partial charge in [-0.15, -0.1) is 0 Å². The van der Waals surface area contributed by atoms with Gasteiger partial charge >= 0.3 is 5.97 Å². The highest BCUT2D eigenvalue weighted by atomic mass is 35.5. The van der Waals surface area contributed by atoms with Gasteiger partial charge in [-0.3, -0.25) is 9.59 Å². The summed E-state index contributed by atoms with van der Waals surface area (Å²) in [5.74, 6) is -2.04. The Morgan fingerprint density at radius 3 is 2.38 bits per heavy atom. The average Bonchev–Trinajstić information content (AvgIpc) is 2.70. The molecule has 0 saturated carbocycles. The van der Waals surface area contributed by atoms with Gasteiger partial charge in [-0.2, -0.15) is 5.26 Å². The number of nitriles is 1. The Morgan fingerprint density at radius 2 is 1.76 bits per heavy atom. The maximum atomic E-state index is 12.4. The second-order valence-corrected chi connectivity index (χ2v) is 6.95. The zero-order valence-electron chi connectivity index (χ0n) is 15.9. The fourth-order valence-electron chi connectivity index (χ4n) is 2.43. The Balaban J connectivity index is 1.95. The number of nitrogens with zero attached hydrogens (tertiary/aromatic N) is 1. The first-order chi connectivity index (χ1) is 13.8. The second kappa shape index (κ2) is 10.2. The topological polar surface area (TPSA) is 108 Å². The highest BCUT2D eigenvalue weighted by Crippen LogP contribution is 2.14. The van der Waals surface area contributed by atoms with Crippen molar-refractivity contribution in [2.75, 3.05) is 11.9 Å². The van der Waals surface area contributed by atoms with Crippen LogP contribution in [0.4, 0.5) is 5.69 Å². The molecule has 29 heavy (non-hydrogen) atoms. The van der Waals surface area contributed by atoms with E-state index in [4.69, 9.17) is 21.6 Å². The van der Waals surface area contributed by atoms with E-state index in [-0.39, 0.29) is 5.92 Å². The molecule has 1 atom stereocenters. The minimum atomic E-state index is -0.933. The molecular formula is C21H20ClN3O4. The number of anilines is 1. The fraction of sp³-hybridized carbons (Fsp3) is 0.238. The summed E-state index contributed by atoms with van der Waals surface area (Å²) in [6, 6.07) is 13.7. The van der Waals surface area contributed by atoms with Crippen molar-refractivity contribution in [3.63, 3.8) is 0 Å². The molecule has 1 unspecified atom stereocenters. The minimum absolute atomic E-state index is 0.263. The van der Waals surface area contributed by atoms with Crippen LogP contribution in [0.2, 0.25) is 5.02 Å². The summed E-state index contributed by atoms with van der Waals surface area (Å²) < 4.78 is 5.06. The largest absolute Gasteiger partial charge is 0.454 e. The molecule has 0 heterocycles. The van der Waals surface area contributed by atoms with Crippen molar-refractivity contribution in [3.8, 4) is 6.07 Å². The lowest BCUT2D eigenvalue weighted by Crippen LogP contribution is -2.45. The van der Waals surface area contributed by atoms with E-state index >= 15 is 0 Å². The van der Waals surface area contributed by atoms with Gasteiger partial charge in [0.15, 0.2) is 6.61 Å². The Labute approximate surface area is 173 Å². The highest BCUT2D eigenvalue weighted by Gasteiger charge is 2.26. The molecule has 0 aliphatic carbocycles. The van der Waals surface area contributed by atoms with Crippen LogP contribution in [0.5, 0.6) is 0 Å². The number of nitrogens with one attached hydrogen (secondary N) is 2. The van der Waals surface area contributed by atoms with E-state index in [0.717, 1.165) is 0 Å². The van der Waals surface area contributed by atoms with Gasteiger partial charge in [-0.05, 0) is 42.3 Å². The molecule has 8 heteroatoms. The van der Waals surface area contributed by atoms with Crippen LogP contribution in [-0.4, -0.2) is 30.4 Å². The maximum absolute atomic E-state index is 12.4. The summed E-state index contributed by atoms with van der Waals surface area (Å²) >= 11 is 5.81. The van der Waals surface area contributed by atoms with Crippen molar-refractivity contribution in [2.45, 2.75) is 19.9 Å². The Morgan fingerprint density at radius 1 is 1.10 bits per heavy atom. The first kappa shape index (κ1) is 21.9. The molecule has 2 aromatic rings. The van der Waals surface area contributed by atoms with Crippen LogP contribution in [0.1, 0.15) is 29.8 Å². The van der Waals surface area contributed by atoms with Crippen molar-refractivity contribution in [1.29, 1.82) is 5.26 Å². The van der Waals surface area contributed by atoms with E-state index in [1.807, 2.05) is 6.07 Å². The standard InChI is InChI=1S/C21H20ClN3O4/c1-13(2)19(25-20(27)14-7-9-16(22)10-8-14)21(28)29-12-18(26)24-17-6-4-3-5-15(17)11-23/h3-10,13,19H,12H2,1-2H3,(H,24,26)(H,25,27). The zero-order valence-corrected chi connectivity index (χ0v) is 16.7. The lowest BCUT2D eigenvalue weighted by molar-refractivity contribution is -0.150. The molecule has 2 N–H and O–H groups in total. The summed E-state index contributed by atoms with van der Waals surface area (Å²) in [7, 11) is 0. The van der Waals surface area contributed by atoms with E-state index in [1.165, 1.54) is 0 Å². The molecule has 2 rings (SSSR count). The number of ether oxygens (including phenoxy) is 1. The lowest BCUT2D eigenvalue weighted by Gasteiger charge is -2.21. The van der Waals surface area contributed by atoms with Gasteiger partial charge in [0.25, 0.3) is 11.8 Å². The summed E-state index contributed by atoms with van der Waals surface area (Å²) in [6.45, 7) is 2.95. The number of amides is 2. The molecule has 2 amide bonds. The van der Waals surface area contributed by atoms with Gasteiger partial charge in [0.05, 0.1) is 11.3 Å². The SMILES string of the molecule is CC(C)C(NC(=O)c1ccc(Cl)cc1)C(=O)OCC(=O)Nc1ccccc1C#N. The Kier molecular flexibility index (Phi) is 7.75. The monoisotopic (exact) mass is 413 g/mol. The maximum Gasteiger partial charge on any atom is 0.329 e. The summed E-state index contributed by atoms with van der Waals surface area (Å²) in [5, 5.41) is 14.7. The Bertz CT molecular complexity index is 936. The second-order valence-electron chi connectivity index (χ2n) is 6.52. The number of hydrogen-bond acceptors (Lipinski definition) is 5. The third kappa shape index (κ3) is 6.33. The van der Waals surface area contributed by atoms with E-state index in [1.54, 1.807) is 62.4 Å². The zero-order chi connectivity index (χ0) is 21.4. The van der Waals surface area contributed by atoms with Crippen LogP contribution >= 0.6 is 11.6 Å². The van der Waals surface area contributed by atoms with Crippen molar-refractivity contribution in [1.82, 2.24) is 5.32 Å². The quantitative estimate of drug-likeness (QED) is 0.678. The van der Waals surface area contributed by atoms with Crippen LogP contribution in [0.15, 0.2) is 48.5 Å². The normalized spacial score (nSPS) is 11.3. The van der Waals surface area contributed by atoms with Gasteiger partial charge in [-0.25, -0.2) is 4.79 Å². The first-order valence-electron chi connectivity index (χ1n) is 8.84. The molecule has 2 aromatic carbocycles. The first-order valence-corrected chi connectivity index (χ1v) is 9.21. The predicted molar refractivity (Wildman–Crippen MR) is 108 cm³/mol. The van der Waals surface area contributed by atoms with E-state index in [2.05, 4.69) is 10.6 Å². The molecule has 0 saturated heterocycles. The van der Waals surface area contributed by atoms with Crippen molar-refractivity contribution < 1.29 is 19.1 Å². The smallest absolute Gasteiger partial charge is 0.329 e. The van der Waals surface area contributed by atoms with Crippen LogP contribution < -0.4 is 10.6 Å². The van der Waals surface area contributed by atoms with Gasteiger partial charge in [0.1, 0.15) is 12.1 Å². The number of rotatable bonds is 7. The number of carbonyl (C=O) groups excluding carboxylic acids is 3. The van der Waals surface area contributed by atoms with Crippen molar-refractivity contribution >= 4 is 35.1 Å². The average molecular weight is 414 g/mol. The molecule has 7 nitrogen and oxygen atoms in total. The third-order valence-electron chi connectivity index (χ3n) is 3.98.